The van der Waals surface area contributed by atoms with Crippen LogP contribution in [0.4, 0.5) is 0 Å². The summed E-state index contributed by atoms with van der Waals surface area (Å²) in [4.78, 5) is 4.67. The van der Waals surface area contributed by atoms with Gasteiger partial charge in [0.25, 0.3) is 5.89 Å². The Hall–Kier alpha value is -1.77. The van der Waals surface area contributed by atoms with Crippen LogP contribution in [-0.4, -0.2) is 49.0 Å². The fourth-order valence-corrected chi connectivity index (χ4v) is 5.30. The molecular weight excluding hydrogens is 364 g/mol. The first-order chi connectivity index (χ1) is 12.8. The molecule has 1 saturated heterocycles. The smallest absolute Gasteiger partial charge is 0.257 e. The second kappa shape index (κ2) is 8.08. The standard InChI is InChI=1S/C19H28N4O3S/c1-13-8-14(2)12-23(11-13)27(24,25)17-7-5-6-16(10-17)19-21-18(22-26-19)9-15(3)20-4/h5-7,10,13-15,20H,8-9,11-12H2,1-4H3. The molecule has 1 fully saturated rings. The fourth-order valence-electron chi connectivity index (χ4n) is 3.57. The number of hydrogen-bond donors (Lipinski definition) is 1. The minimum Gasteiger partial charge on any atom is -0.334 e. The molecule has 1 aliphatic heterocycles. The van der Waals surface area contributed by atoms with Gasteiger partial charge >= 0.3 is 0 Å². The Morgan fingerprint density at radius 3 is 2.67 bits per heavy atom. The van der Waals surface area contributed by atoms with E-state index in [1.165, 1.54) is 0 Å². The number of nitrogens with zero attached hydrogens (tertiary/aromatic N) is 3. The molecule has 0 aliphatic carbocycles. The lowest BCUT2D eigenvalue weighted by atomic mass is 9.94. The van der Waals surface area contributed by atoms with Gasteiger partial charge in [0.1, 0.15) is 0 Å². The zero-order valence-electron chi connectivity index (χ0n) is 16.3. The van der Waals surface area contributed by atoms with Crippen LogP contribution < -0.4 is 5.32 Å². The molecule has 3 rings (SSSR count). The van der Waals surface area contributed by atoms with Gasteiger partial charge in [0.05, 0.1) is 4.90 Å². The summed E-state index contributed by atoms with van der Waals surface area (Å²) in [5.74, 6) is 1.66. The second-order valence-electron chi connectivity index (χ2n) is 7.71. The van der Waals surface area contributed by atoms with Crippen LogP contribution in [0.5, 0.6) is 0 Å². The van der Waals surface area contributed by atoms with Crippen molar-refractivity contribution >= 4 is 10.0 Å². The first-order valence-electron chi connectivity index (χ1n) is 9.40. The SMILES string of the molecule is CNC(C)Cc1noc(-c2cccc(S(=O)(=O)N3CC(C)CC(C)C3)c2)n1. The Bertz CT molecular complexity index is 871. The Labute approximate surface area is 161 Å². The first-order valence-corrected chi connectivity index (χ1v) is 10.8. The van der Waals surface area contributed by atoms with Gasteiger partial charge in [-0.25, -0.2) is 8.42 Å². The van der Waals surface area contributed by atoms with E-state index in [0.29, 0.717) is 48.6 Å². The number of hydrogen-bond acceptors (Lipinski definition) is 6. The molecule has 148 valence electrons. The molecule has 2 aromatic rings. The maximum absolute atomic E-state index is 13.1. The van der Waals surface area contributed by atoms with Gasteiger partial charge in [-0.2, -0.15) is 9.29 Å². The van der Waals surface area contributed by atoms with Gasteiger partial charge in [0.2, 0.25) is 10.0 Å². The van der Waals surface area contributed by atoms with E-state index in [1.54, 1.807) is 28.6 Å². The largest absolute Gasteiger partial charge is 0.334 e. The quantitative estimate of drug-likeness (QED) is 0.813. The summed E-state index contributed by atoms with van der Waals surface area (Å²) in [5, 5.41) is 7.12. The molecule has 0 radical (unpaired) electrons. The van der Waals surface area contributed by atoms with Crippen LogP contribution in [0, 0.1) is 11.8 Å². The molecule has 3 unspecified atom stereocenters. The first kappa shape index (κ1) is 20.0. The Balaban J connectivity index is 1.85. The average molecular weight is 393 g/mol. The Morgan fingerprint density at radius 1 is 1.30 bits per heavy atom. The van der Waals surface area contributed by atoms with Crippen molar-refractivity contribution < 1.29 is 12.9 Å². The van der Waals surface area contributed by atoms with Crippen molar-refractivity contribution in [3.63, 3.8) is 0 Å². The summed E-state index contributed by atoms with van der Waals surface area (Å²) in [7, 11) is -1.66. The van der Waals surface area contributed by atoms with Crippen LogP contribution in [-0.2, 0) is 16.4 Å². The average Bonchev–Trinajstić information content (AvgIpc) is 3.09. The molecule has 1 aliphatic rings. The van der Waals surface area contributed by atoms with E-state index in [0.717, 1.165) is 6.42 Å². The van der Waals surface area contributed by atoms with Crippen molar-refractivity contribution in [2.24, 2.45) is 11.8 Å². The van der Waals surface area contributed by atoms with Gasteiger partial charge in [-0.3, -0.25) is 0 Å². The van der Waals surface area contributed by atoms with Crippen LogP contribution in [0.2, 0.25) is 0 Å². The van der Waals surface area contributed by atoms with Crippen molar-refractivity contribution in [1.29, 1.82) is 0 Å². The highest BCUT2D eigenvalue weighted by Crippen LogP contribution is 2.28. The number of sulfonamides is 1. The molecular formula is C19H28N4O3S. The number of nitrogens with one attached hydrogen (secondary N) is 1. The molecule has 1 N–H and O–H groups in total. The highest BCUT2D eigenvalue weighted by molar-refractivity contribution is 7.89. The van der Waals surface area contributed by atoms with Gasteiger partial charge in [-0.1, -0.05) is 25.1 Å². The summed E-state index contributed by atoms with van der Waals surface area (Å²) in [6.07, 6.45) is 1.70. The summed E-state index contributed by atoms with van der Waals surface area (Å²) in [6.45, 7) is 7.35. The van der Waals surface area contributed by atoms with Crippen LogP contribution in [0.1, 0.15) is 33.0 Å². The van der Waals surface area contributed by atoms with Crippen molar-refractivity contribution in [1.82, 2.24) is 19.8 Å². The molecule has 7 nitrogen and oxygen atoms in total. The minimum atomic E-state index is -3.54. The lowest BCUT2D eigenvalue weighted by molar-refractivity contribution is 0.222. The zero-order valence-corrected chi connectivity index (χ0v) is 17.2. The molecule has 0 spiro atoms. The summed E-state index contributed by atoms with van der Waals surface area (Å²) in [5.41, 5.74) is 0.616. The van der Waals surface area contributed by atoms with Crippen LogP contribution in [0.3, 0.4) is 0 Å². The lowest BCUT2D eigenvalue weighted by Gasteiger charge is -2.34. The van der Waals surface area contributed by atoms with Crippen molar-refractivity contribution in [3.8, 4) is 11.5 Å². The number of piperidine rings is 1. The van der Waals surface area contributed by atoms with Gasteiger partial charge in [-0.05, 0) is 50.4 Å². The highest BCUT2D eigenvalue weighted by atomic mass is 32.2. The fraction of sp³-hybridized carbons (Fsp3) is 0.579. The predicted molar refractivity (Wildman–Crippen MR) is 104 cm³/mol. The minimum absolute atomic E-state index is 0.227. The molecule has 1 aromatic carbocycles. The molecule has 0 bridgehead atoms. The van der Waals surface area contributed by atoms with Crippen molar-refractivity contribution in [2.75, 3.05) is 20.1 Å². The number of benzene rings is 1. The third kappa shape index (κ3) is 4.56. The van der Waals surface area contributed by atoms with E-state index < -0.39 is 10.0 Å². The van der Waals surface area contributed by atoms with Gasteiger partial charge in [0, 0.05) is 31.1 Å². The maximum Gasteiger partial charge on any atom is 0.257 e. The van der Waals surface area contributed by atoms with Crippen LogP contribution in [0.15, 0.2) is 33.7 Å². The summed E-state index contributed by atoms with van der Waals surface area (Å²) < 4.78 is 33.1. The van der Waals surface area contributed by atoms with Gasteiger partial charge in [-0.15, -0.1) is 0 Å². The van der Waals surface area contributed by atoms with Crippen molar-refractivity contribution in [3.05, 3.63) is 30.1 Å². The van der Waals surface area contributed by atoms with Gasteiger partial charge in [0.15, 0.2) is 5.82 Å². The van der Waals surface area contributed by atoms with Gasteiger partial charge < -0.3 is 9.84 Å². The second-order valence-corrected chi connectivity index (χ2v) is 9.64. The lowest BCUT2D eigenvalue weighted by Crippen LogP contribution is -2.42. The summed E-state index contributed by atoms with van der Waals surface area (Å²) in [6, 6.07) is 6.99. The Kier molecular flexibility index (Phi) is 5.98. The molecule has 8 heteroatoms. The topological polar surface area (TPSA) is 88.3 Å². The molecule has 0 saturated carbocycles. The van der Waals surface area contributed by atoms with E-state index in [2.05, 4.69) is 29.3 Å². The van der Waals surface area contributed by atoms with E-state index in [9.17, 15) is 8.42 Å². The van der Waals surface area contributed by atoms with Crippen molar-refractivity contribution in [2.45, 2.75) is 44.6 Å². The van der Waals surface area contributed by atoms with E-state index in [1.807, 2.05) is 14.0 Å². The van der Waals surface area contributed by atoms with Crippen LogP contribution >= 0.6 is 0 Å². The monoisotopic (exact) mass is 392 g/mol. The van der Waals surface area contributed by atoms with E-state index in [4.69, 9.17) is 4.52 Å². The third-order valence-corrected chi connectivity index (χ3v) is 6.83. The molecule has 2 heterocycles. The third-order valence-electron chi connectivity index (χ3n) is 5.00. The Morgan fingerprint density at radius 2 is 2.00 bits per heavy atom. The molecule has 1 aromatic heterocycles. The highest BCUT2D eigenvalue weighted by Gasteiger charge is 2.32. The molecule has 0 amide bonds. The maximum atomic E-state index is 13.1. The zero-order chi connectivity index (χ0) is 19.6. The normalized spacial score (nSPS) is 22.7. The van der Waals surface area contributed by atoms with E-state index >= 15 is 0 Å². The van der Waals surface area contributed by atoms with E-state index in [-0.39, 0.29) is 10.9 Å². The number of likely N-dealkylation sites (N-methyl/N-ethyl adjacent to an activating group) is 1. The molecule has 3 atom stereocenters. The van der Waals surface area contributed by atoms with Crippen LogP contribution in [0.25, 0.3) is 11.5 Å². The number of aromatic nitrogens is 2. The predicted octanol–water partition coefficient (Wildman–Crippen LogP) is 2.55. The summed E-state index contributed by atoms with van der Waals surface area (Å²) >= 11 is 0. The number of rotatable bonds is 6. The molecule has 27 heavy (non-hydrogen) atoms.